The zero-order valence-electron chi connectivity index (χ0n) is 11.7. The Bertz CT molecular complexity index is 729. The fraction of sp³-hybridized carbons (Fsp3) is 0.250. The van der Waals surface area contributed by atoms with Gasteiger partial charge in [-0.05, 0) is 31.2 Å². The van der Waals surface area contributed by atoms with E-state index in [1.54, 1.807) is 42.5 Å². The highest BCUT2D eigenvalue weighted by Gasteiger charge is 2.22. The summed E-state index contributed by atoms with van der Waals surface area (Å²) >= 11 is 0. The first-order valence-corrected chi connectivity index (χ1v) is 8.20. The number of sulfone groups is 1. The molecule has 0 saturated carbocycles. The van der Waals surface area contributed by atoms with Crippen LogP contribution >= 0.6 is 0 Å². The summed E-state index contributed by atoms with van der Waals surface area (Å²) in [6.07, 6.45) is -0.474. The smallest absolute Gasteiger partial charge is 0.206 e. The van der Waals surface area contributed by atoms with Crippen molar-refractivity contribution in [3.05, 3.63) is 59.7 Å². The second kappa shape index (κ2) is 5.60. The normalized spacial score (nSPS) is 16.2. The van der Waals surface area contributed by atoms with E-state index in [2.05, 4.69) is 0 Å². The van der Waals surface area contributed by atoms with Gasteiger partial charge in [-0.2, -0.15) is 0 Å². The van der Waals surface area contributed by atoms with Crippen molar-refractivity contribution in [1.29, 1.82) is 0 Å². The number of hydrogen-bond donors (Lipinski definition) is 0. The molecule has 4 nitrogen and oxygen atoms in total. The van der Waals surface area contributed by atoms with Gasteiger partial charge >= 0.3 is 0 Å². The van der Waals surface area contributed by atoms with Crippen molar-refractivity contribution in [3.63, 3.8) is 0 Å². The van der Waals surface area contributed by atoms with Crippen LogP contribution in [0.15, 0.2) is 58.3 Å². The van der Waals surface area contributed by atoms with E-state index in [-0.39, 0.29) is 4.90 Å². The van der Waals surface area contributed by atoms with E-state index in [1.807, 2.05) is 13.0 Å². The molecule has 0 aromatic heterocycles. The van der Waals surface area contributed by atoms with Crippen molar-refractivity contribution in [1.82, 2.24) is 0 Å². The summed E-state index contributed by atoms with van der Waals surface area (Å²) in [6, 6.07) is 13.6. The first kappa shape index (κ1) is 14.3. The van der Waals surface area contributed by atoms with Gasteiger partial charge in [0.2, 0.25) is 9.84 Å². The molecule has 0 aliphatic carbocycles. The fourth-order valence-electron chi connectivity index (χ4n) is 2.23. The first-order chi connectivity index (χ1) is 10.1. The summed E-state index contributed by atoms with van der Waals surface area (Å²) in [5, 5.41) is 0. The molecule has 1 aliphatic heterocycles. The summed E-state index contributed by atoms with van der Waals surface area (Å²) in [6.45, 7) is 2.98. The highest BCUT2D eigenvalue weighted by atomic mass is 32.2. The molecule has 1 aliphatic rings. The van der Waals surface area contributed by atoms with Crippen molar-refractivity contribution in [2.75, 3.05) is 13.2 Å². The van der Waals surface area contributed by atoms with Crippen LogP contribution in [0.5, 0.6) is 0 Å². The molecule has 21 heavy (non-hydrogen) atoms. The van der Waals surface area contributed by atoms with Crippen molar-refractivity contribution < 1.29 is 17.9 Å². The van der Waals surface area contributed by atoms with Crippen LogP contribution in [0.1, 0.15) is 17.4 Å². The molecule has 2 aromatic rings. The van der Waals surface area contributed by atoms with E-state index in [1.165, 1.54) is 0 Å². The van der Waals surface area contributed by atoms with Gasteiger partial charge in [0.25, 0.3) is 0 Å². The second-order valence-corrected chi connectivity index (χ2v) is 6.91. The van der Waals surface area contributed by atoms with Crippen molar-refractivity contribution in [2.45, 2.75) is 23.0 Å². The Hall–Kier alpha value is -1.69. The minimum absolute atomic E-state index is 0.253. The van der Waals surface area contributed by atoms with E-state index in [9.17, 15) is 8.42 Å². The third-order valence-corrected chi connectivity index (χ3v) is 5.16. The van der Waals surface area contributed by atoms with Gasteiger partial charge in [0.15, 0.2) is 6.29 Å². The van der Waals surface area contributed by atoms with Crippen LogP contribution in [0.2, 0.25) is 0 Å². The second-order valence-electron chi connectivity index (χ2n) is 4.96. The Morgan fingerprint density at radius 2 is 1.62 bits per heavy atom. The van der Waals surface area contributed by atoms with Crippen LogP contribution in [-0.4, -0.2) is 21.6 Å². The Balaban J connectivity index is 1.98. The summed E-state index contributed by atoms with van der Waals surface area (Å²) < 4.78 is 36.1. The van der Waals surface area contributed by atoms with Gasteiger partial charge in [0.05, 0.1) is 23.0 Å². The van der Waals surface area contributed by atoms with Crippen LogP contribution in [0.3, 0.4) is 0 Å². The molecular formula is C16H16O4S. The lowest BCUT2D eigenvalue weighted by molar-refractivity contribution is -0.0442. The maximum absolute atomic E-state index is 12.6. The third-order valence-electron chi connectivity index (χ3n) is 3.39. The standard InChI is InChI=1S/C16H16O4S/c1-12-5-7-14(8-6-12)21(17,18)15-4-2-3-13(11-15)16-19-9-10-20-16/h2-8,11,16H,9-10H2,1H3. The summed E-state index contributed by atoms with van der Waals surface area (Å²) in [4.78, 5) is 0.543. The van der Waals surface area contributed by atoms with Crippen LogP contribution in [0.25, 0.3) is 0 Å². The summed E-state index contributed by atoms with van der Waals surface area (Å²) in [7, 11) is -3.52. The molecule has 1 fully saturated rings. The fourth-order valence-corrected chi connectivity index (χ4v) is 3.55. The van der Waals surface area contributed by atoms with Crippen molar-refractivity contribution in [3.8, 4) is 0 Å². The number of hydrogen-bond acceptors (Lipinski definition) is 4. The number of rotatable bonds is 3. The highest BCUT2D eigenvalue weighted by Crippen LogP contribution is 2.27. The predicted octanol–water partition coefficient (Wildman–Crippen LogP) is 2.87. The van der Waals surface area contributed by atoms with Crippen molar-refractivity contribution in [2.24, 2.45) is 0 Å². The lowest BCUT2D eigenvalue weighted by Gasteiger charge is -2.11. The van der Waals surface area contributed by atoms with Gasteiger partial charge in [-0.25, -0.2) is 8.42 Å². The van der Waals surface area contributed by atoms with Crippen LogP contribution in [-0.2, 0) is 19.3 Å². The summed E-state index contributed by atoms with van der Waals surface area (Å²) in [5.41, 5.74) is 1.75. The van der Waals surface area contributed by atoms with E-state index in [4.69, 9.17) is 9.47 Å². The van der Waals surface area contributed by atoms with Crippen molar-refractivity contribution >= 4 is 9.84 Å². The molecule has 0 radical (unpaired) electrons. The van der Waals surface area contributed by atoms with Gasteiger partial charge in [-0.3, -0.25) is 0 Å². The molecule has 2 aromatic carbocycles. The Labute approximate surface area is 124 Å². The van der Waals surface area contributed by atoms with E-state index in [0.717, 1.165) is 11.1 Å². The van der Waals surface area contributed by atoms with Gasteiger partial charge in [-0.15, -0.1) is 0 Å². The maximum Gasteiger partial charge on any atom is 0.206 e. The SMILES string of the molecule is Cc1ccc(S(=O)(=O)c2cccc(C3OCCO3)c2)cc1. The molecule has 5 heteroatoms. The molecular weight excluding hydrogens is 288 g/mol. The van der Waals surface area contributed by atoms with Crippen LogP contribution in [0.4, 0.5) is 0 Å². The third kappa shape index (κ3) is 2.85. The predicted molar refractivity (Wildman–Crippen MR) is 77.7 cm³/mol. The molecule has 0 spiro atoms. The maximum atomic E-state index is 12.6. The van der Waals surface area contributed by atoms with Gasteiger partial charge < -0.3 is 9.47 Å². The topological polar surface area (TPSA) is 52.6 Å². The molecule has 0 amide bonds. The van der Waals surface area contributed by atoms with Crippen LogP contribution in [0, 0.1) is 6.92 Å². The Morgan fingerprint density at radius 1 is 0.952 bits per heavy atom. The van der Waals surface area contributed by atoms with Gasteiger partial charge in [-0.1, -0.05) is 29.8 Å². The number of aryl methyl sites for hydroxylation is 1. The zero-order chi connectivity index (χ0) is 14.9. The molecule has 0 atom stereocenters. The Morgan fingerprint density at radius 3 is 2.29 bits per heavy atom. The molecule has 110 valence electrons. The first-order valence-electron chi connectivity index (χ1n) is 6.72. The average molecular weight is 304 g/mol. The van der Waals surface area contributed by atoms with Crippen LogP contribution < -0.4 is 0 Å². The van der Waals surface area contributed by atoms with Gasteiger partial charge in [0, 0.05) is 5.56 Å². The van der Waals surface area contributed by atoms with E-state index < -0.39 is 16.1 Å². The number of benzene rings is 2. The zero-order valence-corrected chi connectivity index (χ0v) is 12.5. The van der Waals surface area contributed by atoms with E-state index in [0.29, 0.717) is 18.1 Å². The van der Waals surface area contributed by atoms with E-state index >= 15 is 0 Å². The quantitative estimate of drug-likeness (QED) is 0.875. The highest BCUT2D eigenvalue weighted by molar-refractivity contribution is 7.91. The average Bonchev–Trinajstić information content (AvgIpc) is 3.02. The largest absolute Gasteiger partial charge is 0.346 e. The molecule has 0 unspecified atom stereocenters. The monoisotopic (exact) mass is 304 g/mol. The molecule has 1 saturated heterocycles. The molecule has 0 N–H and O–H groups in total. The Kier molecular flexibility index (Phi) is 3.80. The molecule has 0 bridgehead atoms. The molecule has 1 heterocycles. The number of ether oxygens (including phenoxy) is 2. The minimum atomic E-state index is -3.52. The molecule has 3 rings (SSSR count). The summed E-state index contributed by atoms with van der Waals surface area (Å²) in [5.74, 6) is 0. The lowest BCUT2D eigenvalue weighted by atomic mass is 10.2. The minimum Gasteiger partial charge on any atom is -0.346 e. The van der Waals surface area contributed by atoms with Gasteiger partial charge in [0.1, 0.15) is 0 Å². The lowest BCUT2D eigenvalue weighted by Crippen LogP contribution is -2.04.